The Balaban J connectivity index is 1.45. The van der Waals surface area contributed by atoms with Crippen LogP contribution in [0.3, 0.4) is 0 Å². The molecule has 0 unspecified atom stereocenters. The lowest BCUT2D eigenvalue weighted by Gasteiger charge is -2.26. The molecular weight excluding hydrogens is 406 g/mol. The number of fused-ring (bicyclic) bond motifs is 2. The van der Waals surface area contributed by atoms with E-state index in [0.29, 0.717) is 23.7 Å². The summed E-state index contributed by atoms with van der Waals surface area (Å²) < 4.78 is 9.67. The van der Waals surface area contributed by atoms with Crippen molar-refractivity contribution in [2.24, 2.45) is 0 Å². The summed E-state index contributed by atoms with van der Waals surface area (Å²) in [7, 11) is 0. The normalized spacial score (nSPS) is 18.7. The summed E-state index contributed by atoms with van der Waals surface area (Å²) in [4.78, 5) is 12.8. The van der Waals surface area contributed by atoms with Crippen molar-refractivity contribution in [2.45, 2.75) is 51.0 Å². The van der Waals surface area contributed by atoms with Gasteiger partial charge in [0.05, 0.1) is 11.8 Å². The third kappa shape index (κ3) is 3.12. The van der Waals surface area contributed by atoms with Gasteiger partial charge >= 0.3 is 0 Å². The van der Waals surface area contributed by atoms with Gasteiger partial charge in [-0.3, -0.25) is 4.79 Å². The van der Waals surface area contributed by atoms with Crippen LogP contribution in [-0.4, -0.2) is 41.6 Å². The highest BCUT2D eigenvalue weighted by Crippen LogP contribution is 2.43. The number of anilines is 1. The van der Waals surface area contributed by atoms with E-state index in [1.54, 1.807) is 15.5 Å². The molecule has 9 nitrogen and oxygen atoms in total. The molecular formula is C23H23N7O2. The molecule has 32 heavy (non-hydrogen) atoms. The molecule has 1 amide bonds. The number of carbonyl (C=O) groups excluding carboxylic acids is 1. The second-order valence-corrected chi connectivity index (χ2v) is 8.45. The number of benzene rings is 1. The Labute approximate surface area is 184 Å². The highest BCUT2D eigenvalue weighted by atomic mass is 16.5. The summed E-state index contributed by atoms with van der Waals surface area (Å²) in [5.74, 6) is 1.91. The third-order valence-corrected chi connectivity index (χ3v) is 6.36. The Morgan fingerprint density at radius 2 is 1.94 bits per heavy atom. The van der Waals surface area contributed by atoms with E-state index >= 15 is 0 Å². The first-order valence-electron chi connectivity index (χ1n) is 11.0. The summed E-state index contributed by atoms with van der Waals surface area (Å²) in [6.45, 7) is 1.97. The third-order valence-electron chi connectivity index (χ3n) is 6.36. The number of nitrogens with zero attached hydrogens (tertiary/aromatic N) is 6. The molecule has 1 N–H and O–H groups in total. The van der Waals surface area contributed by atoms with Gasteiger partial charge in [-0.15, -0.1) is 15.3 Å². The molecule has 0 saturated heterocycles. The maximum absolute atomic E-state index is 12.8. The number of carbonyl (C=O) groups is 1. The number of ether oxygens (including phenoxy) is 1. The second kappa shape index (κ2) is 7.44. The first kappa shape index (κ1) is 19.0. The standard InChI is InChI=1S/C23H23N7O2/c1-14-22-17(16-8-4-5-9-18(16)32-15-6-2-3-7-15)12-21(31)25-23(22)30(27-14)20-11-10-19-26-24-13-29(19)28-20/h4-5,8-11,13,15,17H,2-3,6-7,12H2,1H3,(H,25,31)/t17-/m0/s1. The highest BCUT2D eigenvalue weighted by Gasteiger charge is 2.35. The molecule has 1 saturated carbocycles. The van der Waals surface area contributed by atoms with E-state index in [2.05, 4.69) is 26.7 Å². The van der Waals surface area contributed by atoms with Gasteiger partial charge in [-0.1, -0.05) is 18.2 Å². The molecule has 9 heteroatoms. The average Bonchev–Trinajstić information content (AvgIpc) is 3.54. The maximum Gasteiger partial charge on any atom is 0.226 e. The van der Waals surface area contributed by atoms with Gasteiger partial charge in [0.15, 0.2) is 11.5 Å². The molecule has 1 atom stereocenters. The van der Waals surface area contributed by atoms with Crippen LogP contribution in [0, 0.1) is 6.92 Å². The fourth-order valence-electron chi connectivity index (χ4n) is 4.87. The Morgan fingerprint density at radius 3 is 2.81 bits per heavy atom. The van der Waals surface area contributed by atoms with Gasteiger partial charge in [0.2, 0.25) is 5.91 Å². The molecule has 4 heterocycles. The molecule has 0 bridgehead atoms. The van der Waals surface area contributed by atoms with Crippen LogP contribution in [0.25, 0.3) is 11.5 Å². The molecule has 1 aliphatic heterocycles. The highest BCUT2D eigenvalue weighted by molar-refractivity contribution is 5.95. The Hall–Kier alpha value is -3.75. The van der Waals surface area contributed by atoms with Crippen molar-refractivity contribution >= 4 is 17.4 Å². The van der Waals surface area contributed by atoms with Crippen LogP contribution < -0.4 is 10.1 Å². The molecule has 4 aromatic rings. The monoisotopic (exact) mass is 429 g/mol. The van der Waals surface area contributed by atoms with Gasteiger partial charge < -0.3 is 10.1 Å². The zero-order chi connectivity index (χ0) is 21.7. The van der Waals surface area contributed by atoms with E-state index in [-0.39, 0.29) is 17.9 Å². The minimum Gasteiger partial charge on any atom is -0.490 e. The first-order valence-corrected chi connectivity index (χ1v) is 11.0. The average molecular weight is 429 g/mol. The van der Waals surface area contributed by atoms with Crippen molar-refractivity contribution in [2.75, 3.05) is 5.32 Å². The number of para-hydroxylation sites is 1. The molecule has 1 aliphatic carbocycles. The van der Waals surface area contributed by atoms with Crippen LogP contribution in [0.1, 0.15) is 54.8 Å². The van der Waals surface area contributed by atoms with Crippen LogP contribution in [0.5, 0.6) is 5.75 Å². The molecule has 162 valence electrons. The number of nitrogens with one attached hydrogen (secondary N) is 1. The molecule has 1 aromatic carbocycles. The van der Waals surface area contributed by atoms with E-state index in [1.807, 2.05) is 37.3 Å². The van der Waals surface area contributed by atoms with E-state index in [4.69, 9.17) is 9.84 Å². The van der Waals surface area contributed by atoms with Gasteiger partial charge in [0.25, 0.3) is 0 Å². The van der Waals surface area contributed by atoms with Gasteiger partial charge in [-0.2, -0.15) is 14.3 Å². The molecule has 0 radical (unpaired) electrons. The van der Waals surface area contributed by atoms with Crippen LogP contribution in [-0.2, 0) is 4.79 Å². The van der Waals surface area contributed by atoms with E-state index in [1.165, 1.54) is 12.8 Å². The van der Waals surface area contributed by atoms with Gasteiger partial charge in [-0.25, -0.2) is 0 Å². The summed E-state index contributed by atoms with van der Waals surface area (Å²) in [5.41, 5.74) is 3.52. The van der Waals surface area contributed by atoms with E-state index in [0.717, 1.165) is 35.4 Å². The summed E-state index contributed by atoms with van der Waals surface area (Å²) in [6, 6.07) is 11.7. The fraction of sp³-hybridized carbons (Fsp3) is 0.348. The number of hydrogen-bond acceptors (Lipinski definition) is 6. The smallest absolute Gasteiger partial charge is 0.226 e. The first-order chi connectivity index (χ1) is 15.7. The van der Waals surface area contributed by atoms with Crippen molar-refractivity contribution in [1.29, 1.82) is 0 Å². The van der Waals surface area contributed by atoms with E-state index in [9.17, 15) is 4.79 Å². The van der Waals surface area contributed by atoms with Crippen molar-refractivity contribution in [3.05, 3.63) is 59.5 Å². The lowest BCUT2D eigenvalue weighted by atomic mass is 9.85. The number of rotatable bonds is 4. The largest absolute Gasteiger partial charge is 0.490 e. The summed E-state index contributed by atoms with van der Waals surface area (Å²) in [5, 5.41) is 20.2. The SMILES string of the molecule is Cc1nn(-c2ccc3nncn3n2)c2c1[C@H](c1ccccc1OC1CCCC1)CC(=O)N2. The minimum absolute atomic E-state index is 0.0512. The number of amides is 1. The lowest BCUT2D eigenvalue weighted by Crippen LogP contribution is -2.25. The van der Waals surface area contributed by atoms with Crippen LogP contribution >= 0.6 is 0 Å². The Kier molecular flexibility index (Phi) is 4.41. The summed E-state index contributed by atoms with van der Waals surface area (Å²) in [6.07, 6.45) is 6.72. The molecule has 3 aromatic heterocycles. The molecule has 1 fully saturated rings. The maximum atomic E-state index is 12.8. The van der Waals surface area contributed by atoms with Gasteiger partial charge in [0.1, 0.15) is 17.9 Å². The minimum atomic E-state index is -0.135. The van der Waals surface area contributed by atoms with Crippen molar-refractivity contribution in [3.8, 4) is 11.6 Å². The van der Waals surface area contributed by atoms with Crippen molar-refractivity contribution in [1.82, 2.24) is 29.6 Å². The zero-order valence-electron chi connectivity index (χ0n) is 17.7. The fourth-order valence-corrected chi connectivity index (χ4v) is 4.87. The van der Waals surface area contributed by atoms with E-state index < -0.39 is 0 Å². The van der Waals surface area contributed by atoms with Gasteiger partial charge in [-0.05, 0) is 50.8 Å². The summed E-state index contributed by atoms with van der Waals surface area (Å²) >= 11 is 0. The molecule has 2 aliphatic rings. The van der Waals surface area contributed by atoms with Crippen molar-refractivity contribution in [3.63, 3.8) is 0 Å². The van der Waals surface area contributed by atoms with Crippen LogP contribution in [0.4, 0.5) is 5.82 Å². The second-order valence-electron chi connectivity index (χ2n) is 8.45. The Morgan fingerprint density at radius 1 is 1.09 bits per heavy atom. The predicted octanol–water partition coefficient (Wildman–Crippen LogP) is 3.41. The topological polar surface area (TPSA) is 99.2 Å². The van der Waals surface area contributed by atoms with Crippen molar-refractivity contribution < 1.29 is 9.53 Å². The molecule has 0 spiro atoms. The molecule has 6 rings (SSSR count). The number of aromatic nitrogens is 6. The number of hydrogen-bond donors (Lipinski definition) is 1. The predicted molar refractivity (Wildman–Crippen MR) is 117 cm³/mol. The van der Waals surface area contributed by atoms with Crippen LogP contribution in [0.15, 0.2) is 42.7 Å². The quantitative estimate of drug-likeness (QED) is 0.534. The van der Waals surface area contributed by atoms with Gasteiger partial charge in [0, 0.05) is 23.5 Å². The lowest BCUT2D eigenvalue weighted by molar-refractivity contribution is -0.116. The zero-order valence-corrected chi connectivity index (χ0v) is 17.7. The Bertz CT molecular complexity index is 1320. The number of aryl methyl sites for hydroxylation is 1. The van der Waals surface area contributed by atoms with Crippen LogP contribution in [0.2, 0.25) is 0 Å².